The van der Waals surface area contributed by atoms with Gasteiger partial charge in [-0.25, -0.2) is 4.79 Å². The van der Waals surface area contributed by atoms with Gasteiger partial charge in [0, 0.05) is 5.57 Å². The van der Waals surface area contributed by atoms with Gasteiger partial charge in [0.2, 0.25) is 0 Å². The largest absolute Gasteiger partial charge is 0.459 e. The molecular weight excluding hydrogens is 233 g/mol. The number of rotatable bonds is 2. The molecule has 1 fully saturated rings. The van der Waals surface area contributed by atoms with Gasteiger partial charge >= 0.3 is 12.1 Å². The first-order chi connectivity index (χ1) is 7.80. The van der Waals surface area contributed by atoms with Gasteiger partial charge in [-0.1, -0.05) is 6.58 Å². The van der Waals surface area contributed by atoms with Crippen molar-refractivity contribution in [2.75, 3.05) is 0 Å². The molecule has 0 aliphatic heterocycles. The molecule has 0 radical (unpaired) electrons. The van der Waals surface area contributed by atoms with E-state index in [1.807, 2.05) is 0 Å². The highest BCUT2D eigenvalue weighted by atomic mass is 19.4. The van der Waals surface area contributed by atoms with Crippen LogP contribution in [-0.2, 0) is 9.53 Å². The molecule has 2 atom stereocenters. The van der Waals surface area contributed by atoms with Crippen LogP contribution in [0.15, 0.2) is 12.2 Å². The third-order valence-corrected chi connectivity index (χ3v) is 3.00. The summed E-state index contributed by atoms with van der Waals surface area (Å²) < 4.78 is 42.6. The molecule has 1 aliphatic rings. The van der Waals surface area contributed by atoms with Gasteiger partial charge in [-0.05, 0) is 39.0 Å². The molecule has 0 heterocycles. The second kappa shape index (κ2) is 5.56. The second-order valence-electron chi connectivity index (χ2n) is 4.55. The Kier molecular flexibility index (Phi) is 4.60. The molecule has 0 N–H and O–H groups in total. The average molecular weight is 250 g/mol. The van der Waals surface area contributed by atoms with E-state index in [0.717, 1.165) is 0 Å². The first-order valence-electron chi connectivity index (χ1n) is 5.74. The lowest BCUT2D eigenvalue weighted by Crippen LogP contribution is -2.23. The Hall–Kier alpha value is -1.00. The Balaban J connectivity index is 2.48. The molecule has 0 aromatic rings. The van der Waals surface area contributed by atoms with Crippen molar-refractivity contribution in [3.8, 4) is 0 Å². The van der Waals surface area contributed by atoms with Gasteiger partial charge in [0.25, 0.3) is 0 Å². The van der Waals surface area contributed by atoms with Gasteiger partial charge in [-0.3, -0.25) is 0 Å². The van der Waals surface area contributed by atoms with E-state index in [1.54, 1.807) is 0 Å². The lowest BCUT2D eigenvalue weighted by Gasteiger charge is -2.18. The summed E-state index contributed by atoms with van der Waals surface area (Å²) in [7, 11) is 0. The first kappa shape index (κ1) is 14.1. The van der Waals surface area contributed by atoms with Crippen LogP contribution in [0.3, 0.4) is 0 Å². The molecule has 0 amide bonds. The summed E-state index contributed by atoms with van der Waals surface area (Å²) in [4.78, 5) is 11.3. The second-order valence-corrected chi connectivity index (χ2v) is 4.55. The van der Waals surface area contributed by atoms with Crippen molar-refractivity contribution in [1.29, 1.82) is 0 Å². The van der Waals surface area contributed by atoms with Crippen LogP contribution >= 0.6 is 0 Å². The van der Waals surface area contributed by atoms with Crippen molar-refractivity contribution in [2.45, 2.75) is 51.3 Å². The van der Waals surface area contributed by atoms with E-state index >= 15 is 0 Å². The summed E-state index contributed by atoms with van der Waals surface area (Å²) in [6.07, 6.45) is -3.13. The van der Waals surface area contributed by atoms with E-state index in [-0.39, 0.29) is 24.8 Å². The zero-order valence-electron chi connectivity index (χ0n) is 9.85. The molecule has 0 spiro atoms. The van der Waals surface area contributed by atoms with Crippen LogP contribution in [0.5, 0.6) is 0 Å². The lowest BCUT2D eigenvalue weighted by molar-refractivity contribution is -0.177. The Labute approximate surface area is 98.8 Å². The molecule has 1 aliphatic carbocycles. The van der Waals surface area contributed by atoms with E-state index in [0.29, 0.717) is 12.8 Å². The highest BCUT2D eigenvalue weighted by Gasteiger charge is 2.40. The molecule has 5 heteroatoms. The van der Waals surface area contributed by atoms with Crippen molar-refractivity contribution in [3.05, 3.63) is 12.2 Å². The predicted molar refractivity (Wildman–Crippen MR) is 57.3 cm³/mol. The van der Waals surface area contributed by atoms with Gasteiger partial charge in [-0.2, -0.15) is 13.2 Å². The number of halogens is 3. The number of esters is 1. The minimum absolute atomic E-state index is 0.0393. The van der Waals surface area contributed by atoms with E-state index in [4.69, 9.17) is 4.74 Å². The van der Waals surface area contributed by atoms with Crippen molar-refractivity contribution < 1.29 is 22.7 Å². The number of ether oxygens (including phenoxy) is 1. The fraction of sp³-hybridized carbons (Fsp3) is 0.750. The SMILES string of the molecule is C=C(C)C(=O)OC1CCCC(C(F)(F)F)CC1. The molecule has 1 saturated carbocycles. The first-order valence-corrected chi connectivity index (χ1v) is 5.74. The molecule has 2 nitrogen and oxygen atoms in total. The number of alkyl halides is 3. The molecule has 0 saturated heterocycles. The maximum absolute atomic E-state index is 12.5. The minimum Gasteiger partial charge on any atom is -0.459 e. The van der Waals surface area contributed by atoms with Crippen molar-refractivity contribution >= 4 is 5.97 Å². The van der Waals surface area contributed by atoms with E-state index in [2.05, 4.69) is 6.58 Å². The van der Waals surface area contributed by atoms with Gasteiger partial charge < -0.3 is 4.74 Å². The quantitative estimate of drug-likeness (QED) is 0.425. The Morgan fingerprint density at radius 3 is 2.41 bits per heavy atom. The minimum atomic E-state index is -4.13. The van der Waals surface area contributed by atoms with Crippen LogP contribution in [0.25, 0.3) is 0 Å². The number of carbonyl (C=O) groups is 1. The standard InChI is InChI=1S/C12H17F3O2/c1-8(2)11(16)17-10-5-3-4-9(6-7-10)12(13,14)15/h9-10H,1,3-7H2,2H3. The van der Waals surface area contributed by atoms with Crippen LogP contribution in [-0.4, -0.2) is 18.2 Å². The number of carbonyl (C=O) groups excluding carboxylic acids is 1. The van der Waals surface area contributed by atoms with Crippen LogP contribution in [0.1, 0.15) is 39.0 Å². The molecule has 0 bridgehead atoms. The fourth-order valence-corrected chi connectivity index (χ4v) is 1.96. The third kappa shape index (κ3) is 4.40. The zero-order chi connectivity index (χ0) is 13.1. The summed E-state index contributed by atoms with van der Waals surface area (Å²) in [5, 5.41) is 0. The maximum Gasteiger partial charge on any atom is 0.391 e. The summed E-state index contributed by atoms with van der Waals surface area (Å²) in [6.45, 7) is 4.97. The smallest absolute Gasteiger partial charge is 0.391 e. The van der Waals surface area contributed by atoms with Crippen LogP contribution < -0.4 is 0 Å². The molecule has 1 rings (SSSR count). The van der Waals surface area contributed by atoms with Gasteiger partial charge in [0.05, 0.1) is 5.92 Å². The summed E-state index contributed by atoms with van der Waals surface area (Å²) >= 11 is 0. The van der Waals surface area contributed by atoms with Crippen molar-refractivity contribution in [2.24, 2.45) is 5.92 Å². The fourth-order valence-electron chi connectivity index (χ4n) is 1.96. The molecule has 0 aromatic carbocycles. The molecular formula is C12H17F3O2. The molecule has 17 heavy (non-hydrogen) atoms. The highest BCUT2D eigenvalue weighted by Crippen LogP contribution is 2.37. The number of hydrogen-bond donors (Lipinski definition) is 0. The Morgan fingerprint density at radius 2 is 1.88 bits per heavy atom. The third-order valence-electron chi connectivity index (χ3n) is 3.00. The van der Waals surface area contributed by atoms with Gasteiger partial charge in [0.15, 0.2) is 0 Å². The highest BCUT2D eigenvalue weighted by molar-refractivity contribution is 5.87. The van der Waals surface area contributed by atoms with Gasteiger partial charge in [-0.15, -0.1) is 0 Å². The summed E-state index contributed by atoms with van der Waals surface area (Å²) in [5.41, 5.74) is 0.279. The molecule has 2 unspecified atom stereocenters. The Bertz CT molecular complexity index is 297. The predicted octanol–water partition coefficient (Wildman–Crippen LogP) is 3.62. The van der Waals surface area contributed by atoms with Crippen molar-refractivity contribution in [1.82, 2.24) is 0 Å². The van der Waals surface area contributed by atoms with Crippen LogP contribution in [0.2, 0.25) is 0 Å². The van der Waals surface area contributed by atoms with Crippen LogP contribution in [0.4, 0.5) is 13.2 Å². The van der Waals surface area contributed by atoms with Crippen LogP contribution in [0, 0.1) is 5.92 Å². The summed E-state index contributed by atoms with van der Waals surface area (Å²) in [6, 6.07) is 0. The lowest BCUT2D eigenvalue weighted by atomic mass is 10.00. The maximum atomic E-state index is 12.5. The molecule has 0 aromatic heterocycles. The monoisotopic (exact) mass is 250 g/mol. The van der Waals surface area contributed by atoms with Gasteiger partial charge in [0.1, 0.15) is 6.10 Å². The van der Waals surface area contributed by atoms with E-state index in [9.17, 15) is 18.0 Å². The normalized spacial score (nSPS) is 26.1. The zero-order valence-corrected chi connectivity index (χ0v) is 9.85. The molecule has 98 valence electrons. The average Bonchev–Trinajstić information content (AvgIpc) is 2.42. The Morgan fingerprint density at radius 1 is 1.24 bits per heavy atom. The topological polar surface area (TPSA) is 26.3 Å². The van der Waals surface area contributed by atoms with E-state index < -0.39 is 24.2 Å². The summed E-state index contributed by atoms with van der Waals surface area (Å²) in [5.74, 6) is -1.77. The van der Waals surface area contributed by atoms with Crippen molar-refractivity contribution in [3.63, 3.8) is 0 Å². The number of hydrogen-bond acceptors (Lipinski definition) is 2. The van der Waals surface area contributed by atoms with E-state index in [1.165, 1.54) is 6.92 Å².